The van der Waals surface area contributed by atoms with E-state index < -0.39 is 0 Å². The molecule has 30 heavy (non-hydrogen) atoms. The van der Waals surface area contributed by atoms with Crippen LogP contribution in [-0.2, 0) is 0 Å². The second-order valence-corrected chi connectivity index (χ2v) is 12.5. The molecule has 4 aliphatic carbocycles. The second kappa shape index (κ2) is 8.42. The number of aliphatic hydroxyl groups excluding tert-OH is 1. The van der Waals surface area contributed by atoms with Gasteiger partial charge < -0.3 is 5.11 Å². The maximum Gasteiger partial charge on any atom is 0.0543 e. The van der Waals surface area contributed by atoms with Crippen molar-refractivity contribution in [3.8, 4) is 0 Å². The zero-order chi connectivity index (χ0) is 21.7. The van der Waals surface area contributed by atoms with Crippen LogP contribution in [0.25, 0.3) is 0 Å². The van der Waals surface area contributed by atoms with Gasteiger partial charge in [-0.3, -0.25) is 0 Å². The van der Waals surface area contributed by atoms with E-state index in [-0.39, 0.29) is 6.10 Å². The fraction of sp³-hybridized carbons (Fsp3) is 0.862. The molecule has 0 aromatic rings. The van der Waals surface area contributed by atoms with Crippen molar-refractivity contribution >= 4 is 0 Å². The average molecular weight is 413 g/mol. The Kier molecular flexibility index (Phi) is 6.35. The molecule has 1 heteroatoms. The molecule has 1 N–H and O–H groups in total. The molecule has 0 aromatic heterocycles. The SMILES string of the molecule is CC[C@H](/C=C/[C@@H](C)[C@H]1CCC2C3=CC[C@H]4C[C@H](O)CC[C@]4(C)C3CC[C@@]21C)C(C)C. The van der Waals surface area contributed by atoms with Gasteiger partial charge in [-0.25, -0.2) is 0 Å². The average Bonchev–Trinajstić information content (AvgIpc) is 3.06. The van der Waals surface area contributed by atoms with Crippen LogP contribution in [0.15, 0.2) is 23.8 Å². The van der Waals surface area contributed by atoms with Gasteiger partial charge in [0.15, 0.2) is 0 Å². The number of hydrogen-bond donors (Lipinski definition) is 1. The van der Waals surface area contributed by atoms with Crippen LogP contribution in [0.5, 0.6) is 0 Å². The van der Waals surface area contributed by atoms with Crippen LogP contribution < -0.4 is 0 Å². The Morgan fingerprint density at radius 1 is 1.00 bits per heavy atom. The van der Waals surface area contributed by atoms with Crippen molar-refractivity contribution in [2.24, 2.45) is 52.3 Å². The molecule has 0 saturated heterocycles. The number of fused-ring (bicyclic) bond motifs is 5. The minimum atomic E-state index is -0.0480. The third-order valence-electron chi connectivity index (χ3n) is 10.7. The number of hydrogen-bond acceptors (Lipinski definition) is 1. The van der Waals surface area contributed by atoms with Crippen LogP contribution in [0.2, 0.25) is 0 Å². The van der Waals surface area contributed by atoms with E-state index in [1.54, 1.807) is 0 Å². The summed E-state index contributed by atoms with van der Waals surface area (Å²) in [6.45, 7) is 14.8. The largest absolute Gasteiger partial charge is 0.393 e. The Balaban J connectivity index is 1.53. The lowest BCUT2D eigenvalue weighted by atomic mass is 9.47. The van der Waals surface area contributed by atoms with Gasteiger partial charge in [0.1, 0.15) is 0 Å². The lowest BCUT2D eigenvalue weighted by Gasteiger charge is -2.57. The van der Waals surface area contributed by atoms with Crippen LogP contribution >= 0.6 is 0 Å². The van der Waals surface area contributed by atoms with E-state index in [1.807, 2.05) is 5.57 Å². The molecule has 0 bridgehead atoms. The highest BCUT2D eigenvalue weighted by Crippen LogP contribution is 2.66. The molecular weight excluding hydrogens is 364 g/mol. The van der Waals surface area contributed by atoms with Gasteiger partial charge in [-0.2, -0.15) is 0 Å². The van der Waals surface area contributed by atoms with Crippen molar-refractivity contribution in [2.75, 3.05) is 0 Å². The molecule has 4 aliphatic rings. The van der Waals surface area contributed by atoms with E-state index in [1.165, 1.54) is 44.9 Å². The number of rotatable bonds is 5. The summed E-state index contributed by atoms with van der Waals surface area (Å²) in [7, 11) is 0. The molecule has 0 heterocycles. The smallest absolute Gasteiger partial charge is 0.0543 e. The van der Waals surface area contributed by atoms with E-state index in [9.17, 15) is 5.11 Å². The van der Waals surface area contributed by atoms with Gasteiger partial charge in [0.2, 0.25) is 0 Å². The number of aliphatic hydroxyl groups is 1. The molecule has 1 nitrogen and oxygen atoms in total. The maximum absolute atomic E-state index is 10.3. The maximum atomic E-state index is 10.3. The Morgan fingerprint density at radius 2 is 1.70 bits per heavy atom. The molecule has 0 aromatic carbocycles. The summed E-state index contributed by atoms with van der Waals surface area (Å²) in [5.74, 6) is 5.32. The molecule has 3 saturated carbocycles. The predicted octanol–water partition coefficient (Wildman–Crippen LogP) is 7.80. The van der Waals surface area contributed by atoms with Crippen LogP contribution in [0.4, 0.5) is 0 Å². The summed E-state index contributed by atoms with van der Waals surface area (Å²) in [5, 5.41) is 10.3. The topological polar surface area (TPSA) is 20.2 Å². The summed E-state index contributed by atoms with van der Waals surface area (Å²) in [6, 6.07) is 0. The van der Waals surface area contributed by atoms with E-state index in [0.717, 1.165) is 42.4 Å². The van der Waals surface area contributed by atoms with E-state index in [4.69, 9.17) is 0 Å². The Labute approximate surface area is 186 Å². The molecule has 3 fully saturated rings. The third kappa shape index (κ3) is 3.66. The van der Waals surface area contributed by atoms with Crippen molar-refractivity contribution < 1.29 is 5.11 Å². The minimum Gasteiger partial charge on any atom is -0.393 e. The van der Waals surface area contributed by atoms with E-state index >= 15 is 0 Å². The van der Waals surface area contributed by atoms with Crippen LogP contribution in [-0.4, -0.2) is 11.2 Å². The second-order valence-electron chi connectivity index (χ2n) is 12.5. The first-order valence-electron chi connectivity index (χ1n) is 13.3. The van der Waals surface area contributed by atoms with Crippen molar-refractivity contribution in [2.45, 2.75) is 105 Å². The first kappa shape index (κ1) is 22.6. The van der Waals surface area contributed by atoms with Gasteiger partial charge in [-0.05, 0) is 110 Å². The summed E-state index contributed by atoms with van der Waals surface area (Å²) >= 11 is 0. The van der Waals surface area contributed by atoms with Crippen LogP contribution in [0.3, 0.4) is 0 Å². The van der Waals surface area contributed by atoms with Crippen LogP contribution in [0.1, 0.15) is 99.3 Å². The Morgan fingerprint density at radius 3 is 2.40 bits per heavy atom. The normalized spacial score (nSPS) is 45.6. The highest BCUT2D eigenvalue weighted by atomic mass is 16.3. The highest BCUT2D eigenvalue weighted by Gasteiger charge is 2.57. The predicted molar refractivity (Wildman–Crippen MR) is 128 cm³/mol. The molecule has 0 aliphatic heterocycles. The fourth-order valence-electron chi connectivity index (χ4n) is 8.68. The molecule has 9 atom stereocenters. The molecule has 0 radical (unpaired) electrons. The Hall–Kier alpha value is -0.560. The van der Waals surface area contributed by atoms with Gasteiger partial charge in [0.05, 0.1) is 6.10 Å². The summed E-state index contributed by atoms with van der Waals surface area (Å²) < 4.78 is 0. The van der Waals surface area contributed by atoms with Crippen molar-refractivity contribution in [1.29, 1.82) is 0 Å². The summed E-state index contributed by atoms with van der Waals surface area (Å²) in [4.78, 5) is 0. The van der Waals surface area contributed by atoms with Gasteiger partial charge >= 0.3 is 0 Å². The minimum absolute atomic E-state index is 0.0480. The summed E-state index contributed by atoms with van der Waals surface area (Å²) in [5.41, 5.74) is 2.79. The fourth-order valence-corrected chi connectivity index (χ4v) is 8.68. The standard InChI is InChI=1S/C29H48O/c1-7-21(19(2)3)9-8-20(4)25-12-13-26-24-11-10-22-18-23(30)14-16-28(22,5)27(24)15-17-29(25,26)6/h8-9,11,19-23,25-27,30H,7,10,12-18H2,1-6H3/b9-8+/t20-,21-,22+,23-,25-,26?,27?,28+,29-/m1/s1. The molecule has 0 amide bonds. The van der Waals surface area contributed by atoms with E-state index in [2.05, 4.69) is 59.8 Å². The first-order valence-corrected chi connectivity index (χ1v) is 13.3. The molecule has 0 spiro atoms. The molecular formula is C29H48O. The zero-order valence-electron chi connectivity index (χ0n) is 20.7. The zero-order valence-corrected chi connectivity index (χ0v) is 20.7. The van der Waals surface area contributed by atoms with Crippen LogP contribution in [0, 0.1) is 52.3 Å². The van der Waals surface area contributed by atoms with Crippen molar-refractivity contribution in [1.82, 2.24) is 0 Å². The lowest BCUT2D eigenvalue weighted by Crippen LogP contribution is -2.49. The first-order chi connectivity index (χ1) is 14.2. The highest BCUT2D eigenvalue weighted by molar-refractivity contribution is 5.28. The van der Waals surface area contributed by atoms with E-state index in [0.29, 0.717) is 22.7 Å². The van der Waals surface area contributed by atoms with Gasteiger partial charge in [-0.15, -0.1) is 0 Å². The van der Waals surface area contributed by atoms with Gasteiger partial charge in [-0.1, -0.05) is 65.3 Å². The summed E-state index contributed by atoms with van der Waals surface area (Å²) in [6.07, 6.45) is 19.2. The lowest BCUT2D eigenvalue weighted by molar-refractivity contribution is -0.0414. The molecule has 4 rings (SSSR count). The van der Waals surface area contributed by atoms with Gasteiger partial charge in [0, 0.05) is 0 Å². The van der Waals surface area contributed by atoms with Crippen molar-refractivity contribution in [3.63, 3.8) is 0 Å². The van der Waals surface area contributed by atoms with Gasteiger partial charge in [0.25, 0.3) is 0 Å². The molecule has 170 valence electrons. The van der Waals surface area contributed by atoms with Crippen molar-refractivity contribution in [3.05, 3.63) is 23.8 Å². The quantitative estimate of drug-likeness (QED) is 0.457. The Bertz CT molecular complexity index is 674. The number of allylic oxidation sites excluding steroid dienone is 4. The third-order valence-corrected chi connectivity index (χ3v) is 10.7. The monoisotopic (exact) mass is 412 g/mol. The molecule has 2 unspecified atom stereocenters.